The van der Waals surface area contributed by atoms with Gasteiger partial charge in [-0.2, -0.15) is 4.98 Å². The van der Waals surface area contributed by atoms with Crippen LogP contribution in [0.5, 0.6) is 0 Å². The molecule has 0 unspecified atom stereocenters. The van der Waals surface area contributed by atoms with Gasteiger partial charge in [-0.15, -0.1) is 0 Å². The monoisotopic (exact) mass is 389 g/mol. The Hall–Kier alpha value is -2.57. The highest BCUT2D eigenvalue weighted by molar-refractivity contribution is 5.83. The maximum absolute atomic E-state index is 14.2. The van der Waals surface area contributed by atoms with Crippen LogP contribution in [0, 0.1) is 5.82 Å². The molecular weight excluding hydrogens is 369 g/mol. The molecule has 12 heteroatoms. The molecule has 1 fully saturated rings. The number of aliphatic hydroxyl groups is 2. The number of halogens is 1. The quantitative estimate of drug-likeness (QED) is 0.464. The predicted molar refractivity (Wildman–Crippen MR) is 86.5 cm³/mol. The summed E-state index contributed by atoms with van der Waals surface area (Å²) < 4.78 is 24.4. The predicted octanol–water partition coefficient (Wildman–Crippen LogP) is -0.175. The Balaban J connectivity index is 2.12. The van der Waals surface area contributed by atoms with E-state index in [1.54, 1.807) is 0 Å². The van der Waals surface area contributed by atoms with Crippen LogP contribution in [-0.2, 0) is 14.3 Å². The summed E-state index contributed by atoms with van der Waals surface area (Å²) >= 11 is 0. The van der Waals surface area contributed by atoms with E-state index >= 15 is 0 Å². The molecule has 11 nitrogen and oxygen atoms in total. The van der Waals surface area contributed by atoms with Crippen molar-refractivity contribution < 1.29 is 38.8 Å². The second kappa shape index (κ2) is 8.88. The van der Waals surface area contributed by atoms with E-state index in [-0.39, 0.29) is 6.61 Å². The van der Waals surface area contributed by atoms with Gasteiger partial charge in [-0.05, 0) is 6.42 Å². The fourth-order valence-corrected chi connectivity index (χ4v) is 2.46. The standard InChI is InChI=1S/C15H20FN3O8/c1-2-3-4-5-26-15(25)18-11-7(16)6-19(14(24)17-11)12-9(21)8(20)10(27-12)13(22)23/h6,8-10,12,20-21H,2-5H2,1H3,(H,22,23)(H,17,18,24,25)/t8-,9+,10-,12+/m0/s1. The van der Waals surface area contributed by atoms with Gasteiger partial charge in [0.15, 0.2) is 24.0 Å². The maximum atomic E-state index is 14.2. The SMILES string of the molecule is CCCCCOC(=O)Nc1nc(=O)n([C@@H]2O[C@H](C(=O)O)[C@@H](O)[C@H]2O)cc1F. The molecule has 4 atom stereocenters. The molecule has 0 aliphatic carbocycles. The van der Waals surface area contributed by atoms with E-state index in [2.05, 4.69) is 4.98 Å². The van der Waals surface area contributed by atoms with Crippen LogP contribution in [0.15, 0.2) is 11.0 Å². The first-order chi connectivity index (χ1) is 12.8. The molecule has 2 heterocycles. The summed E-state index contributed by atoms with van der Waals surface area (Å²) in [7, 11) is 0. The summed E-state index contributed by atoms with van der Waals surface area (Å²) in [5, 5.41) is 30.4. The van der Waals surface area contributed by atoms with Crippen molar-refractivity contribution >= 4 is 17.9 Å². The number of carbonyl (C=O) groups is 2. The third-order valence-electron chi connectivity index (χ3n) is 3.86. The van der Waals surface area contributed by atoms with Crippen LogP contribution in [-0.4, -0.2) is 61.9 Å². The zero-order valence-electron chi connectivity index (χ0n) is 14.4. The maximum Gasteiger partial charge on any atom is 0.412 e. The van der Waals surface area contributed by atoms with Crippen molar-refractivity contribution in [2.45, 2.75) is 50.7 Å². The summed E-state index contributed by atoms with van der Waals surface area (Å²) in [6, 6.07) is 0. The number of hydrogen-bond acceptors (Lipinski definition) is 8. The van der Waals surface area contributed by atoms with E-state index in [9.17, 15) is 29.0 Å². The van der Waals surface area contributed by atoms with Gasteiger partial charge in [0.25, 0.3) is 0 Å². The summed E-state index contributed by atoms with van der Waals surface area (Å²) in [4.78, 5) is 37.9. The Morgan fingerprint density at radius 1 is 1.37 bits per heavy atom. The van der Waals surface area contributed by atoms with Crippen LogP contribution in [0.25, 0.3) is 0 Å². The molecule has 150 valence electrons. The number of amides is 1. The van der Waals surface area contributed by atoms with Gasteiger partial charge in [-0.3, -0.25) is 9.88 Å². The average Bonchev–Trinajstić information content (AvgIpc) is 2.90. The summed E-state index contributed by atoms with van der Waals surface area (Å²) in [5.41, 5.74) is -1.14. The highest BCUT2D eigenvalue weighted by Gasteiger charge is 2.48. The minimum atomic E-state index is -1.82. The Morgan fingerprint density at radius 3 is 2.67 bits per heavy atom. The normalized spacial score (nSPS) is 24.6. The number of aliphatic carboxylic acids is 1. The molecule has 1 amide bonds. The van der Waals surface area contributed by atoms with Crippen LogP contribution in [0.1, 0.15) is 32.4 Å². The lowest BCUT2D eigenvalue weighted by Gasteiger charge is -2.17. The molecule has 1 aliphatic rings. The zero-order chi connectivity index (χ0) is 20.1. The van der Waals surface area contributed by atoms with Crippen molar-refractivity contribution in [1.29, 1.82) is 0 Å². The van der Waals surface area contributed by atoms with Gasteiger partial charge in [0.1, 0.15) is 12.2 Å². The number of aromatic nitrogens is 2. The molecule has 1 aliphatic heterocycles. The number of rotatable bonds is 7. The third kappa shape index (κ3) is 4.78. The number of anilines is 1. The second-order valence-electron chi connectivity index (χ2n) is 5.86. The lowest BCUT2D eigenvalue weighted by atomic mass is 10.1. The molecule has 1 aromatic rings. The Morgan fingerprint density at radius 2 is 2.07 bits per heavy atom. The Labute approximate surface area is 152 Å². The van der Waals surface area contributed by atoms with Crippen LogP contribution >= 0.6 is 0 Å². The number of carboxylic acid groups (broad SMARTS) is 1. The first kappa shape index (κ1) is 20.7. The molecule has 4 N–H and O–H groups in total. The number of carboxylic acids is 1. The molecule has 0 saturated carbocycles. The van der Waals surface area contributed by atoms with E-state index in [1.165, 1.54) is 0 Å². The summed E-state index contributed by atoms with van der Waals surface area (Å²) in [5.74, 6) is -3.40. The highest BCUT2D eigenvalue weighted by atomic mass is 19.1. The lowest BCUT2D eigenvalue weighted by Crippen LogP contribution is -2.37. The molecule has 1 aromatic heterocycles. The van der Waals surface area contributed by atoms with E-state index in [1.807, 2.05) is 12.2 Å². The summed E-state index contributed by atoms with van der Waals surface area (Å²) in [6.45, 7) is 2.09. The number of aliphatic hydroxyl groups excluding tert-OH is 2. The van der Waals surface area contributed by atoms with Gasteiger partial charge in [0.2, 0.25) is 0 Å². The molecule has 2 rings (SSSR count). The number of ether oxygens (including phenoxy) is 2. The minimum Gasteiger partial charge on any atom is -0.479 e. The van der Waals surface area contributed by atoms with Crippen molar-refractivity contribution in [2.24, 2.45) is 0 Å². The molecular formula is C15H20FN3O8. The number of nitrogens with zero attached hydrogens (tertiary/aromatic N) is 2. The van der Waals surface area contributed by atoms with E-state index in [0.717, 1.165) is 12.8 Å². The molecule has 0 bridgehead atoms. The average molecular weight is 389 g/mol. The lowest BCUT2D eigenvalue weighted by molar-refractivity contribution is -0.155. The molecule has 0 spiro atoms. The topological polar surface area (TPSA) is 160 Å². The van der Waals surface area contributed by atoms with Gasteiger partial charge in [-0.1, -0.05) is 19.8 Å². The smallest absolute Gasteiger partial charge is 0.412 e. The van der Waals surface area contributed by atoms with Gasteiger partial charge < -0.3 is 24.8 Å². The highest BCUT2D eigenvalue weighted by Crippen LogP contribution is 2.29. The van der Waals surface area contributed by atoms with Crippen molar-refractivity contribution in [3.63, 3.8) is 0 Å². The first-order valence-corrected chi connectivity index (χ1v) is 8.23. The van der Waals surface area contributed by atoms with Gasteiger partial charge in [-0.25, -0.2) is 18.8 Å². The summed E-state index contributed by atoms with van der Waals surface area (Å²) in [6.07, 6.45) is -5.09. The van der Waals surface area contributed by atoms with Gasteiger partial charge >= 0.3 is 17.8 Å². The van der Waals surface area contributed by atoms with E-state index in [0.29, 0.717) is 17.2 Å². The van der Waals surface area contributed by atoms with Crippen molar-refractivity contribution in [3.05, 3.63) is 22.5 Å². The van der Waals surface area contributed by atoms with Crippen LogP contribution in [0.3, 0.4) is 0 Å². The van der Waals surface area contributed by atoms with Crippen molar-refractivity contribution in [3.8, 4) is 0 Å². The van der Waals surface area contributed by atoms with Gasteiger partial charge in [0, 0.05) is 0 Å². The fourth-order valence-electron chi connectivity index (χ4n) is 2.46. The number of nitrogens with one attached hydrogen (secondary N) is 1. The van der Waals surface area contributed by atoms with Crippen LogP contribution in [0.4, 0.5) is 15.0 Å². The number of hydrogen-bond donors (Lipinski definition) is 4. The Kier molecular flexibility index (Phi) is 6.82. The zero-order valence-corrected chi connectivity index (χ0v) is 14.4. The molecule has 0 radical (unpaired) electrons. The van der Waals surface area contributed by atoms with Crippen LogP contribution < -0.4 is 11.0 Å². The fraction of sp³-hybridized carbons (Fsp3) is 0.600. The van der Waals surface area contributed by atoms with Crippen molar-refractivity contribution in [2.75, 3.05) is 11.9 Å². The van der Waals surface area contributed by atoms with Crippen LogP contribution in [0.2, 0.25) is 0 Å². The molecule has 27 heavy (non-hydrogen) atoms. The first-order valence-electron chi connectivity index (χ1n) is 8.23. The minimum absolute atomic E-state index is 0.120. The van der Waals surface area contributed by atoms with Crippen molar-refractivity contribution in [1.82, 2.24) is 9.55 Å². The molecule has 1 saturated heterocycles. The number of unbranched alkanes of at least 4 members (excludes halogenated alkanes) is 2. The largest absolute Gasteiger partial charge is 0.479 e. The second-order valence-corrected chi connectivity index (χ2v) is 5.86. The van der Waals surface area contributed by atoms with E-state index in [4.69, 9.17) is 14.6 Å². The van der Waals surface area contributed by atoms with Gasteiger partial charge in [0.05, 0.1) is 12.8 Å². The molecule has 0 aromatic carbocycles. The van der Waals surface area contributed by atoms with E-state index < -0.39 is 53.9 Å². The number of carbonyl (C=O) groups excluding carboxylic acids is 1. The third-order valence-corrected chi connectivity index (χ3v) is 3.86. The Bertz CT molecular complexity index is 755.